The summed E-state index contributed by atoms with van der Waals surface area (Å²) in [4.78, 5) is -3.38. The quantitative estimate of drug-likeness (QED) is 0.845. The molecule has 1 atom stereocenters. The van der Waals surface area contributed by atoms with E-state index in [-0.39, 0.29) is 6.42 Å². The van der Waals surface area contributed by atoms with Gasteiger partial charge in [0.15, 0.2) is 0 Å². The lowest BCUT2D eigenvalue weighted by Crippen LogP contribution is -2.42. The molecule has 0 heterocycles. The molecule has 0 aliphatic rings. The second kappa shape index (κ2) is 4.14. The molecular weight excluding hydrogens is 273 g/mol. The lowest BCUT2D eigenvalue weighted by atomic mass is 9.97. The number of hydrogen-bond donors (Lipinski definition) is 1. The Bertz CT molecular complexity index is 330. The van der Waals surface area contributed by atoms with Crippen LogP contribution in [0.3, 0.4) is 0 Å². The summed E-state index contributed by atoms with van der Waals surface area (Å²) in [6.45, 7) is 1.02. The maximum atomic E-state index is 12.9. The first-order valence-electron chi connectivity index (χ1n) is 4.26. The Kier molecular flexibility index (Phi) is 3.45. The molecule has 1 unspecified atom stereocenters. The molecule has 5 heteroatoms. The van der Waals surface area contributed by atoms with E-state index in [2.05, 4.69) is 15.9 Å². The van der Waals surface area contributed by atoms with Gasteiger partial charge in [-0.25, -0.2) is 4.39 Å². The molecule has 0 radical (unpaired) electrons. The van der Waals surface area contributed by atoms with Crippen molar-refractivity contribution in [3.8, 4) is 0 Å². The van der Waals surface area contributed by atoms with E-state index >= 15 is 0 Å². The zero-order valence-electron chi connectivity index (χ0n) is 7.98. The monoisotopic (exact) mass is 282 g/mol. The number of alkyl halides is 3. The van der Waals surface area contributed by atoms with E-state index in [1.807, 2.05) is 0 Å². The first-order valence-corrected chi connectivity index (χ1v) is 5.05. The minimum Gasteiger partial charge on any atom is -0.383 e. The topological polar surface area (TPSA) is 20.2 Å². The average Bonchev–Trinajstić information content (AvgIpc) is 2.06. The van der Waals surface area contributed by atoms with E-state index in [0.29, 0.717) is 5.56 Å². The number of rotatable bonds is 3. The van der Waals surface area contributed by atoms with Gasteiger partial charge in [0, 0.05) is 6.42 Å². The molecule has 84 valence electrons. The number of halogens is 4. The third-order valence-corrected chi connectivity index (χ3v) is 2.93. The number of benzene rings is 1. The Morgan fingerprint density at radius 2 is 1.73 bits per heavy atom. The van der Waals surface area contributed by atoms with Crippen molar-refractivity contribution < 1.29 is 18.3 Å². The van der Waals surface area contributed by atoms with Crippen LogP contribution in [0.5, 0.6) is 0 Å². The highest BCUT2D eigenvalue weighted by atomic mass is 79.9. The molecule has 0 aliphatic heterocycles. The van der Waals surface area contributed by atoms with Crippen LogP contribution < -0.4 is 0 Å². The van der Waals surface area contributed by atoms with E-state index in [9.17, 15) is 18.3 Å². The molecular formula is C10H10BrF3O. The molecule has 15 heavy (non-hydrogen) atoms. The van der Waals surface area contributed by atoms with Crippen molar-refractivity contribution in [3.63, 3.8) is 0 Å². The Morgan fingerprint density at radius 3 is 2.13 bits per heavy atom. The Morgan fingerprint density at radius 1 is 1.27 bits per heavy atom. The minimum absolute atomic E-state index is 0.258. The first kappa shape index (κ1) is 12.5. The van der Waals surface area contributed by atoms with Gasteiger partial charge in [0.1, 0.15) is 11.4 Å². The van der Waals surface area contributed by atoms with Crippen LogP contribution in [0.2, 0.25) is 0 Å². The van der Waals surface area contributed by atoms with Crippen LogP contribution in [-0.4, -0.2) is 15.5 Å². The second-order valence-electron chi connectivity index (χ2n) is 3.57. The molecule has 1 aromatic carbocycles. The fraction of sp³-hybridized carbons (Fsp3) is 0.400. The molecule has 0 spiro atoms. The highest BCUT2D eigenvalue weighted by Gasteiger charge is 2.46. The highest BCUT2D eigenvalue weighted by molar-refractivity contribution is 9.10. The van der Waals surface area contributed by atoms with E-state index in [0.717, 1.165) is 19.1 Å². The average molecular weight is 283 g/mol. The van der Waals surface area contributed by atoms with Crippen molar-refractivity contribution in [1.82, 2.24) is 0 Å². The van der Waals surface area contributed by atoms with Gasteiger partial charge < -0.3 is 5.11 Å². The predicted octanol–water partition coefficient (Wildman–Crippen LogP) is 3.11. The van der Waals surface area contributed by atoms with Crippen molar-refractivity contribution in [2.45, 2.75) is 23.8 Å². The maximum absolute atomic E-state index is 12.9. The van der Waals surface area contributed by atoms with Gasteiger partial charge in [-0.3, -0.25) is 0 Å². The summed E-state index contributed by atoms with van der Waals surface area (Å²) < 4.78 is 38.2. The van der Waals surface area contributed by atoms with Crippen molar-refractivity contribution in [1.29, 1.82) is 0 Å². The molecule has 0 bridgehead atoms. The normalized spacial score (nSPS) is 16.1. The van der Waals surface area contributed by atoms with E-state index < -0.39 is 16.3 Å². The van der Waals surface area contributed by atoms with Gasteiger partial charge in [-0.15, -0.1) is 0 Å². The molecule has 0 saturated heterocycles. The summed E-state index contributed by atoms with van der Waals surface area (Å²) in [7, 11) is 0. The molecule has 0 aliphatic carbocycles. The highest BCUT2D eigenvalue weighted by Crippen LogP contribution is 2.36. The standard InChI is InChI=1S/C10H10BrF3O/c1-9(15,10(11,13)14)6-7-2-4-8(12)5-3-7/h2-5,15H,6H2,1H3. The third-order valence-electron chi connectivity index (χ3n) is 2.07. The third kappa shape index (κ3) is 3.21. The molecule has 1 N–H and O–H groups in total. The van der Waals surface area contributed by atoms with Crippen LogP contribution in [0.15, 0.2) is 24.3 Å². The zero-order chi connectivity index (χ0) is 11.7. The van der Waals surface area contributed by atoms with E-state index in [1.165, 1.54) is 12.1 Å². The molecule has 1 aromatic rings. The van der Waals surface area contributed by atoms with Crippen LogP contribution in [0.1, 0.15) is 12.5 Å². The van der Waals surface area contributed by atoms with Gasteiger partial charge in [-0.2, -0.15) is 8.78 Å². The fourth-order valence-electron chi connectivity index (χ4n) is 1.10. The minimum atomic E-state index is -3.38. The molecule has 0 saturated carbocycles. The fourth-order valence-corrected chi connectivity index (χ4v) is 1.24. The molecule has 1 rings (SSSR count). The SMILES string of the molecule is CC(O)(Cc1ccc(F)cc1)C(F)(F)Br. The number of aliphatic hydroxyl groups is 1. The first-order chi connectivity index (χ1) is 6.72. The predicted molar refractivity (Wildman–Crippen MR) is 54.6 cm³/mol. The van der Waals surface area contributed by atoms with Gasteiger partial charge in [0.2, 0.25) is 0 Å². The van der Waals surface area contributed by atoms with Crippen molar-refractivity contribution in [2.24, 2.45) is 0 Å². The van der Waals surface area contributed by atoms with Gasteiger partial charge in [-0.1, -0.05) is 12.1 Å². The zero-order valence-corrected chi connectivity index (χ0v) is 9.56. The van der Waals surface area contributed by atoms with E-state index in [4.69, 9.17) is 0 Å². The Hall–Kier alpha value is -0.550. The summed E-state index contributed by atoms with van der Waals surface area (Å²) in [6, 6.07) is 5.06. The molecule has 0 aromatic heterocycles. The van der Waals surface area contributed by atoms with Crippen LogP contribution in [-0.2, 0) is 6.42 Å². The lowest BCUT2D eigenvalue weighted by Gasteiger charge is -2.28. The summed E-state index contributed by atoms with van der Waals surface area (Å²) in [5.74, 6) is -0.441. The van der Waals surface area contributed by atoms with Crippen LogP contribution in [0.4, 0.5) is 13.2 Å². The summed E-state index contributed by atoms with van der Waals surface area (Å²) in [6.07, 6.45) is -0.258. The van der Waals surface area contributed by atoms with Gasteiger partial charge in [0.25, 0.3) is 0 Å². The van der Waals surface area contributed by atoms with Crippen LogP contribution >= 0.6 is 15.9 Å². The summed E-state index contributed by atoms with van der Waals surface area (Å²) in [5.41, 5.74) is -1.76. The van der Waals surface area contributed by atoms with Crippen molar-refractivity contribution >= 4 is 15.9 Å². The van der Waals surface area contributed by atoms with Gasteiger partial charge in [0.05, 0.1) is 0 Å². The largest absolute Gasteiger partial charge is 0.383 e. The van der Waals surface area contributed by atoms with Crippen LogP contribution in [0.25, 0.3) is 0 Å². The maximum Gasteiger partial charge on any atom is 0.329 e. The lowest BCUT2D eigenvalue weighted by molar-refractivity contribution is -0.102. The molecule has 0 fully saturated rings. The smallest absolute Gasteiger partial charge is 0.329 e. The van der Waals surface area contributed by atoms with E-state index in [1.54, 1.807) is 0 Å². The van der Waals surface area contributed by atoms with Crippen LogP contribution in [0, 0.1) is 5.82 Å². The molecule has 0 amide bonds. The molecule has 1 nitrogen and oxygen atoms in total. The Balaban J connectivity index is 2.82. The summed E-state index contributed by atoms with van der Waals surface area (Å²) in [5, 5.41) is 9.48. The van der Waals surface area contributed by atoms with Gasteiger partial charge >= 0.3 is 4.83 Å². The van der Waals surface area contributed by atoms with Crippen molar-refractivity contribution in [3.05, 3.63) is 35.6 Å². The second-order valence-corrected chi connectivity index (χ2v) is 4.57. The Labute approximate surface area is 94.0 Å². The van der Waals surface area contributed by atoms with Gasteiger partial charge in [-0.05, 0) is 40.5 Å². The number of hydrogen-bond acceptors (Lipinski definition) is 1. The van der Waals surface area contributed by atoms with Crippen molar-refractivity contribution in [2.75, 3.05) is 0 Å². The summed E-state index contributed by atoms with van der Waals surface area (Å²) >= 11 is 2.11.